The van der Waals surface area contributed by atoms with Gasteiger partial charge in [-0.3, -0.25) is 9.69 Å². The molecule has 0 spiro atoms. The fourth-order valence-corrected chi connectivity index (χ4v) is 3.80. The molecule has 1 aromatic carbocycles. The molecule has 0 atom stereocenters. The van der Waals surface area contributed by atoms with E-state index >= 15 is 0 Å². The number of para-hydroxylation sites is 1. The molecule has 0 aliphatic rings. The van der Waals surface area contributed by atoms with Gasteiger partial charge in [0.1, 0.15) is 15.9 Å². The summed E-state index contributed by atoms with van der Waals surface area (Å²) in [6, 6.07) is 7.85. The number of nitrogens with one attached hydrogen (secondary N) is 1. The van der Waals surface area contributed by atoms with E-state index in [0.717, 1.165) is 28.2 Å². The zero-order valence-electron chi connectivity index (χ0n) is 16.5. The first kappa shape index (κ1) is 21.4. The minimum absolute atomic E-state index is 0.0939. The van der Waals surface area contributed by atoms with E-state index < -0.39 is 5.97 Å². The van der Waals surface area contributed by atoms with Gasteiger partial charge in [0.25, 0.3) is 0 Å². The van der Waals surface area contributed by atoms with Gasteiger partial charge in [0.2, 0.25) is 5.91 Å². The highest BCUT2D eigenvalue weighted by Gasteiger charge is 2.24. The molecular formula is C20H24N4O3S. The van der Waals surface area contributed by atoms with Gasteiger partial charge in [0.05, 0.1) is 18.7 Å². The van der Waals surface area contributed by atoms with E-state index in [1.165, 1.54) is 0 Å². The Hall–Kier alpha value is -2.89. The lowest BCUT2D eigenvalue weighted by molar-refractivity contribution is -0.117. The summed E-state index contributed by atoms with van der Waals surface area (Å²) in [4.78, 5) is 26.7. The number of hydrogen-bond acceptors (Lipinski definition) is 7. The number of likely N-dealkylation sites (N-methyl/N-ethyl adjacent to an activating group) is 1. The van der Waals surface area contributed by atoms with Crippen molar-refractivity contribution in [1.29, 1.82) is 5.26 Å². The number of hydrogen-bond donors (Lipinski definition) is 2. The number of benzene rings is 1. The molecule has 1 heterocycles. The minimum Gasteiger partial charge on any atom is -0.462 e. The number of amides is 1. The average Bonchev–Trinajstić information content (AvgIpc) is 2.93. The summed E-state index contributed by atoms with van der Waals surface area (Å²) in [6.45, 7) is 6.13. The normalized spacial score (nSPS) is 10.6. The number of anilines is 2. The van der Waals surface area contributed by atoms with Crippen molar-refractivity contribution >= 4 is 33.9 Å². The van der Waals surface area contributed by atoms with E-state index in [1.807, 2.05) is 38.1 Å². The predicted molar refractivity (Wildman–Crippen MR) is 110 cm³/mol. The summed E-state index contributed by atoms with van der Waals surface area (Å²) in [5, 5.41) is 12.6. The molecule has 8 heteroatoms. The molecule has 3 N–H and O–H groups in total. The number of nitrogens with two attached hydrogens (primary N) is 1. The first-order valence-corrected chi connectivity index (χ1v) is 9.63. The first-order chi connectivity index (χ1) is 13.3. The number of rotatable bonds is 7. The minimum atomic E-state index is -0.510. The molecule has 0 fully saturated rings. The van der Waals surface area contributed by atoms with E-state index in [0.29, 0.717) is 10.4 Å². The van der Waals surface area contributed by atoms with Crippen molar-refractivity contribution in [3.8, 4) is 6.07 Å². The number of nitriles is 1. The first-order valence-electron chi connectivity index (χ1n) is 8.81. The van der Waals surface area contributed by atoms with Crippen molar-refractivity contribution in [2.24, 2.45) is 0 Å². The molecule has 7 nitrogen and oxygen atoms in total. The highest BCUT2D eigenvalue weighted by atomic mass is 32.1. The van der Waals surface area contributed by atoms with Gasteiger partial charge in [-0.05, 0) is 38.9 Å². The summed E-state index contributed by atoms with van der Waals surface area (Å²) in [7, 11) is 1.74. The summed E-state index contributed by atoms with van der Waals surface area (Å²) >= 11 is 1.03. The summed E-state index contributed by atoms with van der Waals surface area (Å²) in [5.41, 5.74) is 9.41. The number of esters is 1. The lowest BCUT2D eigenvalue weighted by Crippen LogP contribution is -2.30. The maximum absolute atomic E-state index is 12.5. The summed E-state index contributed by atoms with van der Waals surface area (Å²) < 4.78 is 5.06. The van der Waals surface area contributed by atoms with Crippen molar-refractivity contribution in [2.75, 3.05) is 31.2 Å². The van der Waals surface area contributed by atoms with Gasteiger partial charge in [0.15, 0.2) is 0 Å². The molecule has 0 aliphatic carbocycles. The predicted octanol–water partition coefficient (Wildman–Crippen LogP) is 3.07. The van der Waals surface area contributed by atoms with Crippen molar-refractivity contribution < 1.29 is 14.3 Å². The van der Waals surface area contributed by atoms with Crippen molar-refractivity contribution in [3.05, 3.63) is 45.3 Å². The van der Waals surface area contributed by atoms with E-state index in [-0.39, 0.29) is 36.2 Å². The summed E-state index contributed by atoms with van der Waals surface area (Å²) in [6.07, 6.45) is 0. The van der Waals surface area contributed by atoms with Gasteiger partial charge in [-0.25, -0.2) is 4.79 Å². The van der Waals surface area contributed by atoms with Gasteiger partial charge in [-0.15, -0.1) is 11.3 Å². The zero-order chi connectivity index (χ0) is 20.8. The van der Waals surface area contributed by atoms with Crippen LogP contribution in [0, 0.1) is 25.2 Å². The quantitative estimate of drug-likeness (QED) is 0.692. The molecular weight excluding hydrogens is 376 g/mol. The molecule has 0 saturated carbocycles. The fraction of sp³-hybridized carbons (Fsp3) is 0.350. The van der Waals surface area contributed by atoms with Crippen LogP contribution >= 0.6 is 11.3 Å². The van der Waals surface area contributed by atoms with Gasteiger partial charge < -0.3 is 15.8 Å². The second-order valence-corrected chi connectivity index (χ2v) is 7.52. The topological polar surface area (TPSA) is 108 Å². The van der Waals surface area contributed by atoms with Crippen LogP contribution in [0.1, 0.15) is 38.8 Å². The molecule has 0 unspecified atom stereocenters. The number of nitrogen functional groups attached to an aromatic ring is 1. The van der Waals surface area contributed by atoms with Gasteiger partial charge in [0, 0.05) is 17.8 Å². The largest absolute Gasteiger partial charge is 0.462 e. The van der Waals surface area contributed by atoms with Gasteiger partial charge in [-0.2, -0.15) is 5.26 Å². The lowest BCUT2D eigenvalue weighted by Gasteiger charge is -2.18. The third-order valence-electron chi connectivity index (χ3n) is 4.19. The Kier molecular flexibility index (Phi) is 7.15. The smallest absolute Gasteiger partial charge is 0.348 e. The third kappa shape index (κ3) is 4.88. The van der Waals surface area contributed by atoms with Crippen LogP contribution in [-0.2, 0) is 16.1 Å². The second-order valence-electron chi connectivity index (χ2n) is 6.47. The highest BCUT2D eigenvalue weighted by molar-refractivity contribution is 7.18. The van der Waals surface area contributed by atoms with Crippen LogP contribution in [0.3, 0.4) is 0 Å². The number of carbonyl (C=O) groups excluding carboxylic acids is 2. The fourth-order valence-electron chi connectivity index (χ4n) is 2.88. The molecule has 0 radical (unpaired) electrons. The number of thiophene rings is 1. The van der Waals surface area contributed by atoms with Gasteiger partial charge in [-0.1, -0.05) is 18.2 Å². The third-order valence-corrected chi connectivity index (χ3v) is 5.24. The van der Waals surface area contributed by atoms with Crippen molar-refractivity contribution in [1.82, 2.24) is 4.90 Å². The molecule has 0 saturated heterocycles. The molecule has 1 amide bonds. The molecule has 148 valence electrons. The van der Waals surface area contributed by atoms with Crippen LogP contribution in [0.15, 0.2) is 18.2 Å². The SMILES string of the molecule is CCOC(=O)c1sc(N)c(C#N)c1CN(C)CC(=O)Nc1c(C)cccc1C. The monoisotopic (exact) mass is 400 g/mol. The number of aryl methyl sites for hydroxylation is 2. The van der Waals surface area contributed by atoms with E-state index in [9.17, 15) is 14.9 Å². The van der Waals surface area contributed by atoms with Crippen LogP contribution in [0.5, 0.6) is 0 Å². The number of nitrogens with zero attached hydrogens (tertiary/aromatic N) is 2. The van der Waals surface area contributed by atoms with Gasteiger partial charge >= 0.3 is 5.97 Å². The maximum atomic E-state index is 12.5. The molecule has 1 aromatic heterocycles. The molecule has 0 bridgehead atoms. The van der Waals surface area contributed by atoms with Crippen LogP contribution in [0.2, 0.25) is 0 Å². The van der Waals surface area contributed by atoms with Crippen LogP contribution in [0.25, 0.3) is 0 Å². The van der Waals surface area contributed by atoms with Crippen LogP contribution < -0.4 is 11.1 Å². The van der Waals surface area contributed by atoms with Crippen molar-refractivity contribution in [2.45, 2.75) is 27.3 Å². The molecule has 28 heavy (non-hydrogen) atoms. The maximum Gasteiger partial charge on any atom is 0.348 e. The standard InChI is InChI=1S/C20H24N4O3S/c1-5-27-20(26)18-15(14(9-21)19(22)28-18)10-24(4)11-16(25)23-17-12(2)7-6-8-13(17)3/h6-8H,5,10-11,22H2,1-4H3,(H,23,25). The van der Waals surface area contributed by atoms with Crippen molar-refractivity contribution in [3.63, 3.8) is 0 Å². The average molecular weight is 401 g/mol. The van der Waals surface area contributed by atoms with E-state index in [1.54, 1.807) is 18.9 Å². The lowest BCUT2D eigenvalue weighted by atomic mass is 10.1. The number of carbonyl (C=O) groups is 2. The highest BCUT2D eigenvalue weighted by Crippen LogP contribution is 2.32. The van der Waals surface area contributed by atoms with E-state index in [2.05, 4.69) is 5.32 Å². The Balaban J connectivity index is 2.14. The Bertz CT molecular complexity index is 910. The van der Waals surface area contributed by atoms with E-state index in [4.69, 9.17) is 10.5 Å². The Labute approximate surface area is 168 Å². The Morgan fingerprint density at radius 2 is 1.96 bits per heavy atom. The molecule has 2 aromatic rings. The number of ether oxygens (including phenoxy) is 1. The van der Waals surface area contributed by atoms with Crippen LogP contribution in [0.4, 0.5) is 10.7 Å². The van der Waals surface area contributed by atoms with Crippen LogP contribution in [-0.4, -0.2) is 37.0 Å². The Morgan fingerprint density at radius 3 is 2.54 bits per heavy atom. The second kappa shape index (κ2) is 9.35. The molecule has 0 aliphatic heterocycles. The Morgan fingerprint density at radius 1 is 1.32 bits per heavy atom. The molecule has 2 rings (SSSR count). The summed E-state index contributed by atoms with van der Waals surface area (Å²) in [5.74, 6) is -0.691. The zero-order valence-corrected chi connectivity index (χ0v) is 17.3.